The molecule has 0 saturated heterocycles. The van der Waals surface area contributed by atoms with Crippen LogP contribution in [0.3, 0.4) is 0 Å². The summed E-state index contributed by atoms with van der Waals surface area (Å²) in [5.41, 5.74) is 5.76. The normalized spacial score (nSPS) is 13.1. The molecule has 0 fully saturated rings. The Balaban J connectivity index is 1.12. The quantitative estimate of drug-likeness (QED) is 0.0327. The molecule has 0 amide bonds. The predicted octanol–water partition coefficient (Wildman–Crippen LogP) is 10.7. The SMILES string of the molecule is Cc1ccc(S(=O)(=O)N(CCCN(CCCCN(CCCN(S(=O)(=O)c2ccc(C)cc2)S(=O)(=O)c2ccc(C)cc2)CCCN(S(=O)(=O)c2ccc(C)cc2)S(=O)(=O)c2ccc(C)cc2)CCCN(S(=O)(=O)c2ccc(C)cc2)S(=O)(=O)c2ccc(C)cc2)S(=O)(=O)c2ccc(C)cc2)cc1. The van der Waals surface area contributed by atoms with Gasteiger partial charge >= 0.3 is 0 Å². The van der Waals surface area contributed by atoms with Gasteiger partial charge in [-0.15, -0.1) is 0 Å². The van der Waals surface area contributed by atoms with Gasteiger partial charge in [0.05, 0.1) is 39.2 Å². The monoisotopic (exact) mass is 1550 g/mol. The molecular weight excluding hydrogens is 1460 g/mol. The Morgan fingerprint density at radius 3 is 0.392 bits per heavy atom. The molecule has 0 saturated carbocycles. The smallest absolute Gasteiger partial charge is 0.256 e. The van der Waals surface area contributed by atoms with Gasteiger partial charge in [0.2, 0.25) is 0 Å². The lowest BCUT2D eigenvalue weighted by atomic mass is 10.2. The second-order valence-corrected chi connectivity index (χ2v) is 41.2. The van der Waals surface area contributed by atoms with Gasteiger partial charge in [0, 0.05) is 26.2 Å². The molecule has 0 aromatic heterocycles. The topological polar surface area (TPSA) is 293 Å². The third-order valence-corrected chi connectivity index (χ3v) is 34.6. The molecule has 8 aromatic carbocycles. The highest BCUT2D eigenvalue weighted by molar-refractivity contribution is 8.05. The molecule has 0 aliphatic heterocycles. The van der Waals surface area contributed by atoms with E-state index in [1.165, 1.54) is 97.1 Å². The summed E-state index contributed by atoms with van der Waals surface area (Å²) in [5, 5.41) is 0. The molecule has 0 bridgehead atoms. The third kappa shape index (κ3) is 19.7. The number of sulfonamides is 8. The van der Waals surface area contributed by atoms with Crippen molar-refractivity contribution in [2.24, 2.45) is 0 Å². The summed E-state index contributed by atoms with van der Waals surface area (Å²) < 4.78 is 235. The van der Waals surface area contributed by atoms with Gasteiger partial charge in [0.15, 0.2) is 0 Å². The number of benzene rings is 8. The Hall–Kier alpha value is -6.88. The van der Waals surface area contributed by atoms with Crippen molar-refractivity contribution in [3.05, 3.63) is 239 Å². The molecule has 0 N–H and O–H groups in total. The predicted molar refractivity (Wildman–Crippen MR) is 394 cm³/mol. The molecule has 0 aliphatic rings. The molecule has 0 spiro atoms. The van der Waals surface area contributed by atoms with E-state index in [9.17, 15) is 67.3 Å². The molecule has 0 heterocycles. The summed E-state index contributed by atoms with van der Waals surface area (Å²) in [6.45, 7) is 11.9. The highest BCUT2D eigenvalue weighted by atomic mass is 32.3. The van der Waals surface area contributed by atoms with Crippen molar-refractivity contribution in [1.82, 2.24) is 24.6 Å². The molecule has 102 heavy (non-hydrogen) atoms. The summed E-state index contributed by atoms with van der Waals surface area (Å²) in [5.74, 6) is 0. The fraction of sp³-hybridized carbons (Fsp3) is 0.333. The largest absolute Gasteiger partial charge is 0.303 e. The fourth-order valence-corrected chi connectivity index (χ4v) is 26.0. The average Bonchev–Trinajstić information content (AvgIpc) is 0.786. The first-order valence-corrected chi connectivity index (χ1v) is 44.5. The average molecular weight is 1550 g/mol. The van der Waals surface area contributed by atoms with Crippen LogP contribution in [-0.2, 0) is 80.2 Å². The van der Waals surface area contributed by atoms with Crippen molar-refractivity contribution < 1.29 is 67.3 Å². The van der Waals surface area contributed by atoms with E-state index in [1.54, 1.807) is 152 Å². The van der Waals surface area contributed by atoms with E-state index in [1.807, 2.05) is 9.80 Å². The van der Waals surface area contributed by atoms with Crippen molar-refractivity contribution in [1.29, 1.82) is 0 Å². The number of hydrogen-bond donors (Lipinski definition) is 0. The summed E-state index contributed by atoms with van der Waals surface area (Å²) in [6.07, 6.45) is 0.0451. The van der Waals surface area contributed by atoms with Crippen molar-refractivity contribution in [2.75, 3.05) is 65.4 Å². The number of rotatable bonds is 37. The van der Waals surface area contributed by atoms with Gasteiger partial charge in [-0.05, 0) is 230 Å². The number of nitrogens with zero attached hydrogens (tertiary/aromatic N) is 6. The molecule has 8 rings (SSSR count). The third-order valence-electron chi connectivity index (χ3n) is 17.2. The summed E-state index contributed by atoms with van der Waals surface area (Å²) >= 11 is 0. The molecule has 30 heteroatoms. The Bertz CT molecular complexity index is 4190. The van der Waals surface area contributed by atoms with E-state index in [2.05, 4.69) is 0 Å². The minimum absolute atomic E-state index is 0.0238. The van der Waals surface area contributed by atoms with E-state index in [0.717, 1.165) is 44.5 Å². The summed E-state index contributed by atoms with van der Waals surface area (Å²) in [4.78, 5) is 1.40. The lowest BCUT2D eigenvalue weighted by Gasteiger charge is -2.28. The zero-order chi connectivity index (χ0) is 74.6. The Labute approximate surface area is 604 Å². The van der Waals surface area contributed by atoms with E-state index in [0.29, 0.717) is 14.8 Å². The van der Waals surface area contributed by atoms with Crippen LogP contribution in [0, 0.1) is 55.4 Å². The van der Waals surface area contributed by atoms with Gasteiger partial charge in [-0.1, -0.05) is 156 Å². The van der Waals surface area contributed by atoms with Crippen LogP contribution in [-0.4, -0.2) is 157 Å². The second-order valence-electron chi connectivity index (χ2n) is 25.3. The first-order valence-electron chi connectivity index (χ1n) is 33.0. The maximum Gasteiger partial charge on any atom is 0.256 e. The van der Waals surface area contributed by atoms with Gasteiger partial charge in [0.25, 0.3) is 80.2 Å². The van der Waals surface area contributed by atoms with Crippen LogP contribution in [0.4, 0.5) is 0 Å². The number of unbranched alkanes of at least 4 members (excludes halogenated alkanes) is 1. The standard InChI is InChI=1S/C72H88N6O16S8/c1-57-15-31-65(32-16-57)95(79,80)75(96(81,82)66-33-17-58(2)18-34-66)53-11-49-73(50-12-54-76(97(83,84)67-35-19-59(3)20-36-67)98(85,86)68-37-21-60(4)22-38-68)47-9-10-48-74(51-13-55-77(99(87,88)69-39-23-61(5)24-40-69)100(89,90)70-41-25-62(6)26-42-70)52-14-56-78(101(91,92)71-43-27-63(7)28-44-71)102(93,94)72-45-29-64(8)30-46-72/h15-46H,9-14,47-56H2,1-8H3. The van der Waals surface area contributed by atoms with E-state index < -0.39 is 106 Å². The van der Waals surface area contributed by atoms with Crippen LogP contribution in [0.1, 0.15) is 83.0 Å². The summed E-state index contributed by atoms with van der Waals surface area (Å²) in [6, 6.07) is 45.6. The maximum atomic E-state index is 14.6. The maximum absolute atomic E-state index is 14.6. The van der Waals surface area contributed by atoms with E-state index in [-0.39, 0.29) is 117 Å². The van der Waals surface area contributed by atoms with E-state index >= 15 is 0 Å². The van der Waals surface area contributed by atoms with Crippen LogP contribution < -0.4 is 0 Å². The van der Waals surface area contributed by atoms with Crippen LogP contribution in [0.15, 0.2) is 233 Å². The fourth-order valence-electron chi connectivity index (χ4n) is 11.1. The van der Waals surface area contributed by atoms with Gasteiger partial charge < -0.3 is 9.80 Å². The second kappa shape index (κ2) is 33.9. The van der Waals surface area contributed by atoms with Gasteiger partial charge in [-0.2, -0.15) is 0 Å². The van der Waals surface area contributed by atoms with Crippen molar-refractivity contribution in [3.63, 3.8) is 0 Å². The highest BCUT2D eigenvalue weighted by Crippen LogP contribution is 2.31. The molecule has 0 atom stereocenters. The minimum Gasteiger partial charge on any atom is -0.303 e. The zero-order valence-electron chi connectivity index (χ0n) is 58.3. The van der Waals surface area contributed by atoms with Gasteiger partial charge in [-0.3, -0.25) is 0 Å². The lowest BCUT2D eigenvalue weighted by Crippen LogP contribution is -2.41. The first-order chi connectivity index (χ1) is 47.9. The zero-order valence-corrected chi connectivity index (χ0v) is 64.8. The number of aryl methyl sites for hydroxylation is 8. The lowest BCUT2D eigenvalue weighted by molar-refractivity contribution is 0.229. The van der Waals surface area contributed by atoms with Crippen LogP contribution in [0.2, 0.25) is 0 Å². The Morgan fingerprint density at radius 1 is 0.167 bits per heavy atom. The van der Waals surface area contributed by atoms with Crippen LogP contribution in [0.5, 0.6) is 0 Å². The van der Waals surface area contributed by atoms with Crippen LogP contribution in [0.25, 0.3) is 0 Å². The van der Waals surface area contributed by atoms with Crippen molar-refractivity contribution in [2.45, 2.75) is 133 Å². The molecule has 0 unspecified atom stereocenters. The highest BCUT2D eigenvalue weighted by Gasteiger charge is 2.41. The van der Waals surface area contributed by atoms with Gasteiger partial charge in [-0.25, -0.2) is 67.3 Å². The molecule has 0 aliphatic carbocycles. The molecule has 22 nitrogen and oxygen atoms in total. The van der Waals surface area contributed by atoms with Crippen molar-refractivity contribution >= 4 is 80.2 Å². The number of hydrogen-bond acceptors (Lipinski definition) is 18. The van der Waals surface area contributed by atoms with Crippen molar-refractivity contribution in [3.8, 4) is 0 Å². The van der Waals surface area contributed by atoms with Gasteiger partial charge in [0.1, 0.15) is 0 Å². The summed E-state index contributed by atoms with van der Waals surface area (Å²) in [7, 11) is -38.1. The molecule has 8 aromatic rings. The van der Waals surface area contributed by atoms with E-state index in [4.69, 9.17) is 0 Å². The Kier molecular flexibility index (Phi) is 26.9. The van der Waals surface area contributed by atoms with Crippen LogP contribution >= 0.6 is 0 Å². The molecule has 0 radical (unpaired) electrons. The molecule has 550 valence electrons. The minimum atomic E-state index is -4.76. The Morgan fingerprint density at radius 2 is 0.275 bits per heavy atom. The first kappa shape index (κ1) is 80.8. The molecular formula is C72H88N6O16S8.